The normalized spacial score (nSPS) is 14.8. The second kappa shape index (κ2) is 7.65. The highest BCUT2D eigenvalue weighted by molar-refractivity contribution is 6.00. The number of halogens is 3. The molecule has 1 amide bonds. The van der Waals surface area contributed by atoms with Gasteiger partial charge in [-0.05, 0) is 68.0 Å². The van der Waals surface area contributed by atoms with Gasteiger partial charge in [0, 0.05) is 30.1 Å². The van der Waals surface area contributed by atoms with Gasteiger partial charge in [-0.2, -0.15) is 13.2 Å². The van der Waals surface area contributed by atoms with Crippen LogP contribution in [0.2, 0.25) is 0 Å². The molecular weight excluding hydrogens is 393 g/mol. The lowest BCUT2D eigenvalue weighted by Gasteiger charge is -2.42. The quantitative estimate of drug-likeness (QED) is 0.600. The first kappa shape index (κ1) is 20.2. The highest BCUT2D eigenvalue weighted by atomic mass is 19.4. The van der Waals surface area contributed by atoms with E-state index in [0.29, 0.717) is 36.2 Å². The molecule has 4 rings (SSSR count). The number of alkyl halides is 3. The standard InChI is InChI=1S/C23H21F3N2O2/c1-27(2)18-13-28(14-18)22(29)16-6-11-20-15(12-16)4-3-5-21(20)30-19-9-7-17(8-10-19)23(24,25)26/h3-12,18H,13-14H2,1-2H3. The van der Waals surface area contributed by atoms with E-state index in [9.17, 15) is 18.0 Å². The van der Waals surface area contributed by atoms with E-state index in [4.69, 9.17) is 4.74 Å². The van der Waals surface area contributed by atoms with Crippen LogP contribution in [0.5, 0.6) is 11.5 Å². The fourth-order valence-electron chi connectivity index (χ4n) is 3.45. The van der Waals surface area contributed by atoms with Crippen molar-refractivity contribution in [3.05, 3.63) is 71.8 Å². The number of hydrogen-bond acceptors (Lipinski definition) is 3. The van der Waals surface area contributed by atoms with Gasteiger partial charge in [-0.15, -0.1) is 0 Å². The molecule has 0 N–H and O–H groups in total. The monoisotopic (exact) mass is 414 g/mol. The summed E-state index contributed by atoms with van der Waals surface area (Å²) in [5, 5.41) is 1.61. The van der Waals surface area contributed by atoms with Gasteiger partial charge in [0.15, 0.2) is 0 Å². The molecule has 0 spiro atoms. The first-order valence-corrected chi connectivity index (χ1v) is 9.56. The second-order valence-electron chi connectivity index (χ2n) is 7.64. The van der Waals surface area contributed by atoms with Crippen molar-refractivity contribution in [3.8, 4) is 11.5 Å². The van der Waals surface area contributed by atoms with Gasteiger partial charge in [0.25, 0.3) is 5.91 Å². The molecule has 1 aliphatic rings. The third kappa shape index (κ3) is 3.98. The third-order valence-corrected chi connectivity index (χ3v) is 5.38. The predicted octanol–water partition coefficient (Wildman–Crippen LogP) is 5.04. The summed E-state index contributed by atoms with van der Waals surface area (Å²) in [7, 11) is 4.00. The van der Waals surface area contributed by atoms with Crippen molar-refractivity contribution in [3.63, 3.8) is 0 Å². The molecule has 0 saturated carbocycles. The Kier molecular flexibility index (Phi) is 5.15. The van der Waals surface area contributed by atoms with Crippen molar-refractivity contribution in [2.24, 2.45) is 0 Å². The molecule has 1 heterocycles. The highest BCUT2D eigenvalue weighted by Gasteiger charge is 2.32. The molecule has 3 aromatic carbocycles. The fraction of sp³-hybridized carbons (Fsp3) is 0.261. The first-order chi connectivity index (χ1) is 14.2. The van der Waals surface area contributed by atoms with Gasteiger partial charge < -0.3 is 14.5 Å². The molecule has 1 saturated heterocycles. The molecule has 1 fully saturated rings. The number of benzene rings is 3. The van der Waals surface area contributed by atoms with Crippen LogP contribution in [0.3, 0.4) is 0 Å². The number of likely N-dealkylation sites (tertiary alicyclic amines) is 1. The van der Waals surface area contributed by atoms with E-state index in [0.717, 1.165) is 22.9 Å². The molecule has 0 unspecified atom stereocenters. The lowest BCUT2D eigenvalue weighted by atomic mass is 10.0. The van der Waals surface area contributed by atoms with E-state index in [1.54, 1.807) is 18.2 Å². The number of fused-ring (bicyclic) bond motifs is 1. The molecule has 156 valence electrons. The van der Waals surface area contributed by atoms with Crippen molar-refractivity contribution in [1.82, 2.24) is 9.80 Å². The lowest BCUT2D eigenvalue weighted by Crippen LogP contribution is -2.59. The molecule has 0 bridgehead atoms. The smallest absolute Gasteiger partial charge is 0.416 e. The summed E-state index contributed by atoms with van der Waals surface area (Å²) in [6.07, 6.45) is -4.38. The minimum atomic E-state index is -4.38. The maximum absolute atomic E-state index is 12.7. The van der Waals surface area contributed by atoms with Crippen LogP contribution in [0.15, 0.2) is 60.7 Å². The van der Waals surface area contributed by atoms with Crippen LogP contribution in [-0.4, -0.2) is 48.9 Å². The van der Waals surface area contributed by atoms with Gasteiger partial charge in [-0.3, -0.25) is 4.79 Å². The number of likely N-dealkylation sites (N-methyl/N-ethyl adjacent to an activating group) is 1. The molecule has 0 aliphatic carbocycles. The molecule has 30 heavy (non-hydrogen) atoms. The number of hydrogen-bond donors (Lipinski definition) is 0. The Balaban J connectivity index is 1.54. The summed E-state index contributed by atoms with van der Waals surface area (Å²) in [5.41, 5.74) is -0.121. The molecule has 4 nitrogen and oxygen atoms in total. The molecule has 0 atom stereocenters. The van der Waals surface area contributed by atoms with E-state index in [1.165, 1.54) is 12.1 Å². The van der Waals surface area contributed by atoms with Crippen molar-refractivity contribution in [1.29, 1.82) is 0 Å². The zero-order valence-corrected chi connectivity index (χ0v) is 16.6. The molecule has 0 aromatic heterocycles. The molecular formula is C23H21F3N2O2. The van der Waals surface area contributed by atoms with Crippen LogP contribution in [0.4, 0.5) is 13.2 Å². The maximum Gasteiger partial charge on any atom is 0.416 e. The van der Waals surface area contributed by atoms with Crippen molar-refractivity contribution >= 4 is 16.7 Å². The van der Waals surface area contributed by atoms with Crippen LogP contribution >= 0.6 is 0 Å². The summed E-state index contributed by atoms with van der Waals surface area (Å²) in [5.74, 6) is 0.817. The van der Waals surface area contributed by atoms with Crippen molar-refractivity contribution in [2.75, 3.05) is 27.2 Å². The topological polar surface area (TPSA) is 32.8 Å². The van der Waals surface area contributed by atoms with Crippen LogP contribution in [-0.2, 0) is 6.18 Å². The highest BCUT2D eigenvalue weighted by Crippen LogP contribution is 2.34. The number of carbonyl (C=O) groups excluding carboxylic acids is 1. The van der Waals surface area contributed by atoms with E-state index in [1.807, 2.05) is 37.2 Å². The average molecular weight is 414 g/mol. The molecule has 0 radical (unpaired) electrons. The van der Waals surface area contributed by atoms with E-state index in [2.05, 4.69) is 4.90 Å². The number of rotatable bonds is 4. The van der Waals surface area contributed by atoms with Gasteiger partial charge in [-0.1, -0.05) is 12.1 Å². The van der Waals surface area contributed by atoms with E-state index in [-0.39, 0.29) is 5.91 Å². The number of amides is 1. The first-order valence-electron chi connectivity index (χ1n) is 9.56. The van der Waals surface area contributed by atoms with Gasteiger partial charge in [0.05, 0.1) is 5.56 Å². The zero-order chi connectivity index (χ0) is 21.5. The molecule has 1 aliphatic heterocycles. The van der Waals surface area contributed by atoms with Gasteiger partial charge in [-0.25, -0.2) is 0 Å². The predicted molar refractivity (Wildman–Crippen MR) is 109 cm³/mol. The SMILES string of the molecule is CN(C)C1CN(C(=O)c2ccc3c(Oc4ccc(C(F)(F)F)cc4)cccc3c2)C1. The summed E-state index contributed by atoms with van der Waals surface area (Å²) < 4.78 is 44.0. The van der Waals surface area contributed by atoms with Crippen LogP contribution in [0, 0.1) is 0 Å². The zero-order valence-electron chi connectivity index (χ0n) is 16.6. The summed E-state index contributed by atoms with van der Waals surface area (Å²) in [4.78, 5) is 16.6. The Morgan fingerprint density at radius 3 is 2.37 bits per heavy atom. The summed E-state index contributed by atoms with van der Waals surface area (Å²) >= 11 is 0. The van der Waals surface area contributed by atoms with Crippen LogP contribution in [0.1, 0.15) is 15.9 Å². The number of carbonyl (C=O) groups is 1. The Hall–Kier alpha value is -3.06. The Morgan fingerprint density at radius 2 is 1.73 bits per heavy atom. The fourth-order valence-corrected chi connectivity index (χ4v) is 3.45. The van der Waals surface area contributed by atoms with Gasteiger partial charge >= 0.3 is 6.18 Å². The number of ether oxygens (including phenoxy) is 1. The van der Waals surface area contributed by atoms with Gasteiger partial charge in [0.2, 0.25) is 0 Å². The van der Waals surface area contributed by atoms with Crippen LogP contribution in [0.25, 0.3) is 10.8 Å². The number of nitrogens with zero attached hydrogens (tertiary/aromatic N) is 2. The third-order valence-electron chi connectivity index (χ3n) is 5.38. The average Bonchev–Trinajstić information content (AvgIpc) is 2.66. The summed E-state index contributed by atoms with van der Waals surface area (Å²) in [6.45, 7) is 1.42. The Morgan fingerprint density at radius 1 is 1.03 bits per heavy atom. The van der Waals surface area contributed by atoms with E-state index >= 15 is 0 Å². The molecule has 3 aromatic rings. The van der Waals surface area contributed by atoms with Crippen molar-refractivity contribution in [2.45, 2.75) is 12.2 Å². The maximum atomic E-state index is 12.7. The van der Waals surface area contributed by atoms with Crippen LogP contribution < -0.4 is 4.74 Å². The van der Waals surface area contributed by atoms with Crippen molar-refractivity contribution < 1.29 is 22.7 Å². The largest absolute Gasteiger partial charge is 0.457 e. The minimum Gasteiger partial charge on any atom is -0.457 e. The van der Waals surface area contributed by atoms with Gasteiger partial charge in [0.1, 0.15) is 11.5 Å². The lowest BCUT2D eigenvalue weighted by molar-refractivity contribution is -0.137. The Bertz CT molecular complexity index is 1070. The summed E-state index contributed by atoms with van der Waals surface area (Å²) in [6, 6.07) is 15.8. The Labute approximate surface area is 172 Å². The second-order valence-corrected chi connectivity index (χ2v) is 7.64. The van der Waals surface area contributed by atoms with E-state index < -0.39 is 11.7 Å². The molecule has 7 heteroatoms. The minimum absolute atomic E-state index is 0.0101.